The Labute approximate surface area is 180 Å². The van der Waals surface area contributed by atoms with Gasteiger partial charge >= 0.3 is 0 Å². The summed E-state index contributed by atoms with van der Waals surface area (Å²) in [4.78, 5) is 25.8. The maximum Gasteiger partial charge on any atom is 0.262 e. The van der Waals surface area contributed by atoms with Gasteiger partial charge in [-0.25, -0.2) is 0 Å². The second kappa shape index (κ2) is 8.48. The number of anilines is 1. The number of fused-ring (bicyclic) bond motifs is 1. The van der Waals surface area contributed by atoms with Crippen LogP contribution in [-0.4, -0.2) is 18.3 Å². The number of aryl methyl sites for hydroxylation is 3. The van der Waals surface area contributed by atoms with E-state index in [4.69, 9.17) is 9.15 Å². The van der Waals surface area contributed by atoms with E-state index in [0.29, 0.717) is 28.0 Å². The molecule has 1 amide bonds. The lowest BCUT2D eigenvalue weighted by Crippen LogP contribution is -2.21. The molecule has 1 aromatic heterocycles. The summed E-state index contributed by atoms with van der Waals surface area (Å²) in [5, 5.41) is 3.49. The number of furan rings is 1. The fourth-order valence-electron chi connectivity index (χ4n) is 3.76. The van der Waals surface area contributed by atoms with E-state index in [-0.39, 0.29) is 24.1 Å². The molecule has 0 saturated carbocycles. The van der Waals surface area contributed by atoms with Crippen molar-refractivity contribution in [1.29, 1.82) is 0 Å². The van der Waals surface area contributed by atoms with Crippen molar-refractivity contribution in [3.05, 3.63) is 94.7 Å². The summed E-state index contributed by atoms with van der Waals surface area (Å²) in [6, 6.07) is 20.1. The van der Waals surface area contributed by atoms with E-state index in [0.717, 1.165) is 16.7 Å². The summed E-state index contributed by atoms with van der Waals surface area (Å²) in [6.45, 7) is 5.75. The minimum atomic E-state index is -0.368. The SMILES string of the molecule is Cc1cc(C)c(OCC(=O)Nc2c(C(=O)c3ccccc3)oc3ccccc23)c(C)c1. The lowest BCUT2D eigenvalue weighted by Gasteiger charge is -2.13. The number of carbonyl (C=O) groups is 2. The Morgan fingerprint density at radius 1 is 0.903 bits per heavy atom. The fraction of sp³-hybridized carbons (Fsp3) is 0.154. The van der Waals surface area contributed by atoms with Gasteiger partial charge in [0.05, 0.1) is 5.69 Å². The van der Waals surface area contributed by atoms with E-state index in [1.165, 1.54) is 0 Å². The van der Waals surface area contributed by atoms with Gasteiger partial charge in [-0.15, -0.1) is 0 Å². The maximum absolute atomic E-state index is 13.0. The number of amides is 1. The number of carbonyl (C=O) groups excluding carboxylic acids is 2. The molecule has 0 aliphatic rings. The summed E-state index contributed by atoms with van der Waals surface area (Å²) in [5.41, 5.74) is 4.46. The van der Waals surface area contributed by atoms with Crippen molar-refractivity contribution < 1.29 is 18.7 Å². The van der Waals surface area contributed by atoms with Gasteiger partial charge in [0.15, 0.2) is 12.4 Å². The Hall–Kier alpha value is -3.86. The molecule has 0 saturated heterocycles. The predicted octanol–water partition coefficient (Wildman–Crippen LogP) is 5.61. The third-order valence-corrected chi connectivity index (χ3v) is 5.05. The molecule has 5 heteroatoms. The van der Waals surface area contributed by atoms with Gasteiger partial charge < -0.3 is 14.5 Å². The first kappa shape index (κ1) is 20.4. The maximum atomic E-state index is 13.0. The van der Waals surface area contributed by atoms with Gasteiger partial charge in [0, 0.05) is 10.9 Å². The number of nitrogens with one attached hydrogen (secondary N) is 1. The monoisotopic (exact) mass is 413 g/mol. The van der Waals surface area contributed by atoms with Gasteiger partial charge in [0.25, 0.3) is 5.91 Å². The number of rotatable bonds is 6. The van der Waals surface area contributed by atoms with Crippen molar-refractivity contribution in [1.82, 2.24) is 0 Å². The fourth-order valence-corrected chi connectivity index (χ4v) is 3.76. The molecule has 156 valence electrons. The van der Waals surface area contributed by atoms with Crippen molar-refractivity contribution in [2.75, 3.05) is 11.9 Å². The highest BCUT2D eigenvalue weighted by Gasteiger charge is 2.23. The highest BCUT2D eigenvalue weighted by atomic mass is 16.5. The summed E-state index contributed by atoms with van der Waals surface area (Å²) in [7, 11) is 0. The van der Waals surface area contributed by atoms with Crippen LogP contribution in [0.5, 0.6) is 5.75 Å². The van der Waals surface area contributed by atoms with E-state index in [1.807, 2.05) is 57.2 Å². The number of benzene rings is 3. The number of hydrogen-bond donors (Lipinski definition) is 1. The lowest BCUT2D eigenvalue weighted by atomic mass is 10.1. The third-order valence-electron chi connectivity index (χ3n) is 5.05. The van der Waals surface area contributed by atoms with Crippen LogP contribution in [0.1, 0.15) is 32.8 Å². The summed E-state index contributed by atoms with van der Waals surface area (Å²) in [6.07, 6.45) is 0. The van der Waals surface area contributed by atoms with Gasteiger partial charge in [-0.05, 0) is 44.0 Å². The van der Waals surface area contributed by atoms with Gasteiger partial charge in [-0.3, -0.25) is 9.59 Å². The highest BCUT2D eigenvalue weighted by Crippen LogP contribution is 2.32. The van der Waals surface area contributed by atoms with Crippen molar-refractivity contribution in [3.63, 3.8) is 0 Å². The summed E-state index contributed by atoms with van der Waals surface area (Å²) in [5.74, 6) is 0.133. The molecule has 0 atom stereocenters. The summed E-state index contributed by atoms with van der Waals surface area (Å²) < 4.78 is 11.6. The molecule has 5 nitrogen and oxygen atoms in total. The highest BCUT2D eigenvalue weighted by molar-refractivity contribution is 6.17. The Morgan fingerprint density at radius 3 is 2.26 bits per heavy atom. The molecule has 31 heavy (non-hydrogen) atoms. The van der Waals surface area contributed by atoms with E-state index in [9.17, 15) is 9.59 Å². The van der Waals surface area contributed by atoms with Crippen molar-refractivity contribution >= 4 is 28.3 Å². The van der Waals surface area contributed by atoms with Crippen LogP contribution < -0.4 is 10.1 Å². The first-order chi connectivity index (χ1) is 14.9. The first-order valence-electron chi connectivity index (χ1n) is 10.1. The van der Waals surface area contributed by atoms with Crippen molar-refractivity contribution in [3.8, 4) is 5.75 Å². The Bertz CT molecular complexity index is 1250. The third kappa shape index (κ3) is 4.21. The quantitative estimate of drug-likeness (QED) is 0.417. The number of para-hydroxylation sites is 1. The molecule has 1 N–H and O–H groups in total. The minimum Gasteiger partial charge on any atom is -0.483 e. The largest absolute Gasteiger partial charge is 0.483 e. The standard InChI is InChI=1S/C26H23NO4/c1-16-13-17(2)25(18(3)14-16)30-15-22(28)27-23-20-11-7-8-12-21(20)31-26(23)24(29)19-9-5-4-6-10-19/h4-14H,15H2,1-3H3,(H,27,28). The second-order valence-corrected chi connectivity index (χ2v) is 7.56. The molecule has 0 unspecified atom stereocenters. The van der Waals surface area contributed by atoms with Crippen LogP contribution in [0, 0.1) is 20.8 Å². The van der Waals surface area contributed by atoms with Crippen LogP contribution in [0.2, 0.25) is 0 Å². The second-order valence-electron chi connectivity index (χ2n) is 7.56. The van der Waals surface area contributed by atoms with E-state index < -0.39 is 0 Å². The zero-order valence-electron chi connectivity index (χ0n) is 17.7. The van der Waals surface area contributed by atoms with Crippen LogP contribution in [0.4, 0.5) is 5.69 Å². The number of ketones is 1. The van der Waals surface area contributed by atoms with Crippen LogP contribution >= 0.6 is 0 Å². The average Bonchev–Trinajstić information content (AvgIpc) is 3.11. The van der Waals surface area contributed by atoms with Crippen LogP contribution in [0.25, 0.3) is 11.0 Å². The molecule has 4 aromatic rings. The first-order valence-corrected chi connectivity index (χ1v) is 10.1. The molecular weight excluding hydrogens is 390 g/mol. The minimum absolute atomic E-state index is 0.100. The number of ether oxygens (including phenoxy) is 1. The van der Waals surface area contributed by atoms with Crippen LogP contribution in [0.3, 0.4) is 0 Å². The molecular formula is C26H23NO4. The Balaban J connectivity index is 1.60. The van der Waals surface area contributed by atoms with Crippen molar-refractivity contribution in [2.45, 2.75) is 20.8 Å². The predicted molar refractivity (Wildman–Crippen MR) is 121 cm³/mol. The topological polar surface area (TPSA) is 68.5 Å². The smallest absolute Gasteiger partial charge is 0.262 e. The normalized spacial score (nSPS) is 10.8. The van der Waals surface area contributed by atoms with Crippen LogP contribution in [-0.2, 0) is 4.79 Å². The molecule has 4 rings (SSSR count). The van der Waals surface area contributed by atoms with E-state index in [1.54, 1.807) is 30.3 Å². The zero-order chi connectivity index (χ0) is 22.0. The van der Waals surface area contributed by atoms with Gasteiger partial charge in [0.1, 0.15) is 11.3 Å². The molecule has 3 aromatic carbocycles. The summed E-state index contributed by atoms with van der Waals surface area (Å²) >= 11 is 0. The van der Waals surface area contributed by atoms with Crippen LogP contribution in [0.15, 0.2) is 71.1 Å². The Morgan fingerprint density at radius 2 is 1.55 bits per heavy atom. The van der Waals surface area contributed by atoms with E-state index >= 15 is 0 Å². The molecule has 1 heterocycles. The molecule has 0 bridgehead atoms. The van der Waals surface area contributed by atoms with Gasteiger partial charge in [0.2, 0.25) is 5.78 Å². The lowest BCUT2D eigenvalue weighted by molar-refractivity contribution is -0.118. The molecule has 0 radical (unpaired) electrons. The molecule has 0 aliphatic carbocycles. The van der Waals surface area contributed by atoms with Gasteiger partial charge in [-0.1, -0.05) is 60.2 Å². The number of hydrogen-bond acceptors (Lipinski definition) is 4. The molecule has 0 aliphatic heterocycles. The average molecular weight is 413 g/mol. The molecule has 0 fully saturated rings. The van der Waals surface area contributed by atoms with Crippen molar-refractivity contribution in [2.24, 2.45) is 0 Å². The van der Waals surface area contributed by atoms with Gasteiger partial charge in [-0.2, -0.15) is 0 Å². The molecule has 0 spiro atoms. The zero-order valence-corrected chi connectivity index (χ0v) is 17.7. The van der Waals surface area contributed by atoms with E-state index in [2.05, 4.69) is 5.32 Å². The Kier molecular flexibility index (Phi) is 5.58.